The molecule has 1 aliphatic heterocycles. The lowest BCUT2D eigenvalue weighted by Crippen LogP contribution is -2.13. The molecule has 0 aliphatic carbocycles. The summed E-state index contributed by atoms with van der Waals surface area (Å²) in [5, 5.41) is 11.7. The van der Waals surface area contributed by atoms with Crippen LogP contribution >= 0.6 is 23.1 Å². The van der Waals surface area contributed by atoms with Crippen LogP contribution in [0, 0.1) is 0 Å². The van der Waals surface area contributed by atoms with E-state index in [1.54, 1.807) is 12.1 Å². The molecule has 158 valence electrons. The molecule has 4 aromatic rings. The smallest absolute Gasteiger partial charge is 0.277 e. The van der Waals surface area contributed by atoms with Crippen LogP contribution in [0.4, 0.5) is 5.13 Å². The Hall–Kier alpha value is -3.31. The molecule has 0 saturated carbocycles. The zero-order valence-electron chi connectivity index (χ0n) is 16.3. The Morgan fingerprint density at radius 3 is 3.00 bits per heavy atom. The highest BCUT2D eigenvalue weighted by Gasteiger charge is 2.17. The molecule has 0 radical (unpaired) electrons. The summed E-state index contributed by atoms with van der Waals surface area (Å²) in [7, 11) is 0. The predicted molar refractivity (Wildman–Crippen MR) is 116 cm³/mol. The van der Waals surface area contributed by atoms with Crippen molar-refractivity contribution in [3.05, 3.63) is 36.4 Å². The summed E-state index contributed by atoms with van der Waals surface area (Å²) in [6.07, 6.45) is 0. The molecule has 1 N–H and O–H groups in total. The Balaban J connectivity index is 1.20. The molecule has 0 atom stereocenters. The summed E-state index contributed by atoms with van der Waals surface area (Å²) in [6, 6.07) is 11.0. The van der Waals surface area contributed by atoms with E-state index in [2.05, 4.69) is 20.5 Å². The van der Waals surface area contributed by atoms with E-state index in [1.165, 1.54) is 11.3 Å². The summed E-state index contributed by atoms with van der Waals surface area (Å²) in [4.78, 5) is 16.8. The standard InChI is InChI=1S/C20H16N4O5S2/c1-2-26-12-4-5-13-16(8-12)31-19(21-13)22-17(25)9-30-20-24-23-18(29-20)11-3-6-14-15(7-11)28-10-27-14/h3-8H,2,9-10H2,1H3,(H,21,22,25). The second kappa shape index (κ2) is 8.44. The van der Waals surface area contributed by atoms with Crippen molar-refractivity contribution in [3.63, 3.8) is 0 Å². The van der Waals surface area contributed by atoms with Crippen LogP contribution in [0.25, 0.3) is 21.7 Å². The van der Waals surface area contributed by atoms with Gasteiger partial charge in [0.2, 0.25) is 18.6 Å². The minimum absolute atomic E-state index is 0.114. The lowest BCUT2D eigenvalue weighted by Gasteiger charge is -2.00. The van der Waals surface area contributed by atoms with Crippen LogP contribution in [0.3, 0.4) is 0 Å². The number of aromatic nitrogens is 3. The SMILES string of the molecule is CCOc1ccc2nc(NC(=O)CSc3nnc(-c4ccc5c(c4)OCO5)o3)sc2c1. The van der Waals surface area contributed by atoms with Gasteiger partial charge in [-0.3, -0.25) is 4.79 Å². The van der Waals surface area contributed by atoms with Gasteiger partial charge in [-0.25, -0.2) is 4.98 Å². The zero-order chi connectivity index (χ0) is 21.2. The molecule has 3 heterocycles. The molecule has 0 bridgehead atoms. The van der Waals surface area contributed by atoms with Gasteiger partial charge in [-0.2, -0.15) is 0 Å². The lowest BCUT2D eigenvalue weighted by atomic mass is 10.2. The van der Waals surface area contributed by atoms with Crippen LogP contribution < -0.4 is 19.5 Å². The van der Waals surface area contributed by atoms with Crippen LogP contribution in [-0.2, 0) is 4.79 Å². The number of benzene rings is 2. The van der Waals surface area contributed by atoms with Crippen molar-refractivity contribution in [2.45, 2.75) is 12.1 Å². The maximum Gasteiger partial charge on any atom is 0.277 e. The number of carbonyl (C=O) groups excluding carboxylic acids is 1. The molecule has 5 rings (SSSR count). The molecular formula is C20H16N4O5S2. The predicted octanol–water partition coefficient (Wildman–Crippen LogP) is 4.20. The van der Waals surface area contributed by atoms with E-state index >= 15 is 0 Å². The molecule has 1 amide bonds. The Labute approximate surface area is 184 Å². The number of ether oxygens (including phenoxy) is 3. The van der Waals surface area contributed by atoms with Crippen molar-refractivity contribution < 1.29 is 23.4 Å². The minimum atomic E-state index is -0.211. The van der Waals surface area contributed by atoms with Gasteiger partial charge in [-0.1, -0.05) is 23.1 Å². The first-order valence-electron chi connectivity index (χ1n) is 9.37. The lowest BCUT2D eigenvalue weighted by molar-refractivity contribution is -0.113. The quantitative estimate of drug-likeness (QED) is 0.409. The van der Waals surface area contributed by atoms with Gasteiger partial charge in [0.05, 0.1) is 22.6 Å². The summed E-state index contributed by atoms with van der Waals surface area (Å²) in [6.45, 7) is 2.72. The number of thioether (sulfide) groups is 1. The molecule has 0 fully saturated rings. The highest BCUT2D eigenvalue weighted by molar-refractivity contribution is 7.99. The summed E-state index contributed by atoms with van der Waals surface area (Å²) < 4.78 is 22.8. The number of nitrogens with one attached hydrogen (secondary N) is 1. The van der Waals surface area contributed by atoms with Crippen molar-refractivity contribution in [1.29, 1.82) is 0 Å². The van der Waals surface area contributed by atoms with Crippen molar-refractivity contribution in [2.75, 3.05) is 24.5 Å². The van der Waals surface area contributed by atoms with Gasteiger partial charge >= 0.3 is 0 Å². The van der Waals surface area contributed by atoms with E-state index in [0.29, 0.717) is 39.9 Å². The monoisotopic (exact) mass is 456 g/mol. The highest BCUT2D eigenvalue weighted by atomic mass is 32.2. The van der Waals surface area contributed by atoms with Crippen LogP contribution in [-0.4, -0.2) is 40.2 Å². The normalized spacial score (nSPS) is 12.3. The molecule has 9 nitrogen and oxygen atoms in total. The number of thiazole rings is 1. The third-order valence-corrected chi connectivity index (χ3v) is 6.02. The van der Waals surface area contributed by atoms with Gasteiger partial charge < -0.3 is 23.9 Å². The molecular weight excluding hydrogens is 440 g/mol. The Bertz CT molecular complexity index is 1260. The van der Waals surface area contributed by atoms with E-state index in [-0.39, 0.29) is 18.5 Å². The Morgan fingerprint density at radius 2 is 2.10 bits per heavy atom. The van der Waals surface area contributed by atoms with Gasteiger partial charge in [-0.15, -0.1) is 10.2 Å². The number of hydrogen-bond acceptors (Lipinski definition) is 10. The van der Waals surface area contributed by atoms with E-state index < -0.39 is 0 Å². The number of amides is 1. The van der Waals surface area contributed by atoms with Crippen LogP contribution in [0.2, 0.25) is 0 Å². The molecule has 11 heteroatoms. The topological polar surface area (TPSA) is 109 Å². The number of nitrogens with zero attached hydrogens (tertiary/aromatic N) is 3. The van der Waals surface area contributed by atoms with E-state index in [0.717, 1.165) is 27.7 Å². The first-order valence-corrected chi connectivity index (χ1v) is 11.2. The van der Waals surface area contributed by atoms with Crippen LogP contribution in [0.15, 0.2) is 46.0 Å². The van der Waals surface area contributed by atoms with Gasteiger partial charge in [0.1, 0.15) is 5.75 Å². The molecule has 2 aromatic heterocycles. The van der Waals surface area contributed by atoms with Crippen molar-refractivity contribution >= 4 is 44.4 Å². The fraction of sp³-hybridized carbons (Fsp3) is 0.200. The molecule has 0 saturated heterocycles. The summed E-state index contributed by atoms with van der Waals surface area (Å²) >= 11 is 2.55. The maximum absolute atomic E-state index is 12.3. The van der Waals surface area contributed by atoms with Gasteiger partial charge in [-0.05, 0) is 43.3 Å². The Morgan fingerprint density at radius 1 is 1.19 bits per heavy atom. The fourth-order valence-corrected chi connectivity index (χ4v) is 4.39. The third-order valence-electron chi connectivity index (χ3n) is 4.27. The molecule has 31 heavy (non-hydrogen) atoms. The summed E-state index contributed by atoms with van der Waals surface area (Å²) in [5.74, 6) is 2.34. The highest BCUT2D eigenvalue weighted by Crippen LogP contribution is 2.36. The summed E-state index contributed by atoms with van der Waals surface area (Å²) in [5.41, 5.74) is 1.52. The Kier molecular flexibility index (Phi) is 5.35. The number of carbonyl (C=O) groups is 1. The molecule has 1 aliphatic rings. The van der Waals surface area contributed by atoms with Crippen molar-refractivity contribution in [1.82, 2.24) is 15.2 Å². The molecule has 2 aromatic carbocycles. The zero-order valence-corrected chi connectivity index (χ0v) is 17.9. The molecule has 0 unspecified atom stereocenters. The van der Waals surface area contributed by atoms with Crippen molar-refractivity contribution in [2.24, 2.45) is 0 Å². The van der Waals surface area contributed by atoms with Crippen molar-refractivity contribution in [3.8, 4) is 28.7 Å². The molecule has 0 spiro atoms. The largest absolute Gasteiger partial charge is 0.494 e. The number of anilines is 1. The second-order valence-electron chi connectivity index (χ2n) is 6.36. The third kappa shape index (κ3) is 4.28. The van der Waals surface area contributed by atoms with Crippen LogP contribution in [0.1, 0.15) is 6.92 Å². The first kappa shape index (κ1) is 19.6. The van der Waals surface area contributed by atoms with Crippen LogP contribution in [0.5, 0.6) is 17.2 Å². The first-order chi connectivity index (χ1) is 15.2. The fourth-order valence-electron chi connectivity index (χ4n) is 2.91. The minimum Gasteiger partial charge on any atom is -0.494 e. The second-order valence-corrected chi connectivity index (χ2v) is 8.32. The average molecular weight is 457 g/mol. The van der Waals surface area contributed by atoms with E-state index in [1.807, 2.05) is 31.2 Å². The average Bonchev–Trinajstić information content (AvgIpc) is 3.50. The van der Waals surface area contributed by atoms with Gasteiger partial charge in [0, 0.05) is 5.56 Å². The van der Waals surface area contributed by atoms with Gasteiger partial charge in [0.25, 0.3) is 5.22 Å². The van der Waals surface area contributed by atoms with E-state index in [9.17, 15) is 4.79 Å². The maximum atomic E-state index is 12.3. The van der Waals surface area contributed by atoms with Gasteiger partial charge in [0.15, 0.2) is 16.6 Å². The number of rotatable bonds is 7. The van der Waals surface area contributed by atoms with E-state index in [4.69, 9.17) is 18.6 Å². The number of hydrogen-bond donors (Lipinski definition) is 1. The number of fused-ring (bicyclic) bond motifs is 2.